The Hall–Kier alpha value is -2.98. The number of methoxy groups -OCH3 is 2. The molecule has 0 saturated carbocycles. The van der Waals surface area contributed by atoms with Gasteiger partial charge in [0, 0.05) is 25.6 Å². The minimum atomic E-state index is -3.92. The SMILES string of the molecule is COc1ccc(OC)c(NC(=O)CN(C)S(=O)(=O)c2ccc3c(c2)OCCCO3)c1. The number of hydrogen-bond acceptors (Lipinski definition) is 7. The zero-order chi connectivity index (χ0) is 21.7. The van der Waals surface area contributed by atoms with Crippen LogP contribution < -0.4 is 24.3 Å². The number of ether oxygens (including phenoxy) is 4. The molecule has 1 amide bonds. The summed E-state index contributed by atoms with van der Waals surface area (Å²) in [6.07, 6.45) is 0.713. The summed E-state index contributed by atoms with van der Waals surface area (Å²) in [4.78, 5) is 12.5. The number of fused-ring (bicyclic) bond motifs is 1. The molecular weight excluding hydrogens is 412 g/mol. The van der Waals surface area contributed by atoms with Gasteiger partial charge in [-0.1, -0.05) is 0 Å². The molecule has 0 radical (unpaired) electrons. The third-order valence-electron chi connectivity index (χ3n) is 4.47. The molecular formula is C20H24N2O7S. The van der Waals surface area contributed by atoms with Crippen molar-refractivity contribution in [3.63, 3.8) is 0 Å². The van der Waals surface area contributed by atoms with E-state index in [4.69, 9.17) is 18.9 Å². The van der Waals surface area contributed by atoms with E-state index in [1.54, 1.807) is 24.3 Å². The summed E-state index contributed by atoms with van der Waals surface area (Å²) in [5.74, 6) is 1.29. The number of benzene rings is 2. The standard InChI is InChI=1S/C20H24N2O7S/c1-22(13-20(23)21-16-11-14(26-2)5-7-17(16)27-3)30(24,25)15-6-8-18-19(12-15)29-10-4-9-28-18/h5-8,11-12H,4,9-10,13H2,1-3H3,(H,21,23). The Morgan fingerprint density at radius 3 is 2.50 bits per heavy atom. The van der Waals surface area contributed by atoms with Crippen LogP contribution in [0, 0.1) is 0 Å². The van der Waals surface area contributed by atoms with Crippen LogP contribution in [0.3, 0.4) is 0 Å². The van der Waals surface area contributed by atoms with Crippen LogP contribution in [0.2, 0.25) is 0 Å². The average Bonchev–Trinajstić information content (AvgIpc) is 2.98. The van der Waals surface area contributed by atoms with Crippen molar-refractivity contribution in [2.45, 2.75) is 11.3 Å². The van der Waals surface area contributed by atoms with Gasteiger partial charge in [-0.05, 0) is 24.3 Å². The Morgan fingerprint density at radius 2 is 1.80 bits per heavy atom. The third-order valence-corrected chi connectivity index (χ3v) is 6.27. The Bertz CT molecular complexity index is 1020. The molecule has 30 heavy (non-hydrogen) atoms. The molecule has 0 aromatic heterocycles. The van der Waals surface area contributed by atoms with Crippen molar-refractivity contribution in [1.29, 1.82) is 0 Å². The third kappa shape index (κ3) is 4.77. The molecule has 162 valence electrons. The first-order chi connectivity index (χ1) is 14.3. The fourth-order valence-electron chi connectivity index (χ4n) is 2.87. The van der Waals surface area contributed by atoms with E-state index in [9.17, 15) is 13.2 Å². The highest BCUT2D eigenvalue weighted by Gasteiger charge is 2.25. The van der Waals surface area contributed by atoms with Crippen LogP contribution in [0.5, 0.6) is 23.0 Å². The van der Waals surface area contributed by atoms with Gasteiger partial charge in [-0.2, -0.15) is 4.31 Å². The van der Waals surface area contributed by atoms with Crippen molar-refractivity contribution in [2.75, 3.05) is 46.3 Å². The van der Waals surface area contributed by atoms with Crippen LogP contribution >= 0.6 is 0 Å². The summed E-state index contributed by atoms with van der Waals surface area (Å²) in [6, 6.07) is 9.33. The van der Waals surface area contributed by atoms with E-state index in [1.165, 1.54) is 33.4 Å². The van der Waals surface area contributed by atoms with E-state index < -0.39 is 22.5 Å². The minimum absolute atomic E-state index is 0.0148. The maximum Gasteiger partial charge on any atom is 0.243 e. The lowest BCUT2D eigenvalue weighted by Crippen LogP contribution is -2.35. The number of carbonyl (C=O) groups is 1. The summed E-state index contributed by atoms with van der Waals surface area (Å²) in [7, 11) is 0.388. The van der Waals surface area contributed by atoms with Gasteiger partial charge in [-0.15, -0.1) is 0 Å². The van der Waals surface area contributed by atoms with Gasteiger partial charge in [0.25, 0.3) is 0 Å². The minimum Gasteiger partial charge on any atom is -0.497 e. The molecule has 3 rings (SSSR count). The van der Waals surface area contributed by atoms with Crippen LogP contribution in [-0.4, -0.2) is 59.7 Å². The number of carbonyl (C=O) groups excluding carboxylic acids is 1. The summed E-state index contributed by atoms with van der Waals surface area (Å²) in [6.45, 7) is 0.557. The lowest BCUT2D eigenvalue weighted by Gasteiger charge is -2.18. The molecule has 1 heterocycles. The first-order valence-electron chi connectivity index (χ1n) is 9.23. The molecule has 0 saturated heterocycles. The summed E-state index contributed by atoms with van der Waals surface area (Å²) < 4.78 is 48.3. The van der Waals surface area contributed by atoms with Crippen molar-refractivity contribution in [3.05, 3.63) is 36.4 Å². The molecule has 2 aromatic rings. The first-order valence-corrected chi connectivity index (χ1v) is 10.7. The molecule has 1 aliphatic heterocycles. The molecule has 1 N–H and O–H groups in total. The molecule has 0 atom stereocenters. The molecule has 2 aromatic carbocycles. The van der Waals surface area contributed by atoms with E-state index in [2.05, 4.69) is 5.32 Å². The second kappa shape index (κ2) is 9.23. The topological polar surface area (TPSA) is 103 Å². The van der Waals surface area contributed by atoms with Crippen molar-refractivity contribution in [3.8, 4) is 23.0 Å². The van der Waals surface area contributed by atoms with E-state index >= 15 is 0 Å². The fraction of sp³-hybridized carbons (Fsp3) is 0.350. The fourth-order valence-corrected chi connectivity index (χ4v) is 4.02. The Balaban J connectivity index is 1.74. The summed E-state index contributed by atoms with van der Waals surface area (Å²) in [5.41, 5.74) is 0.378. The van der Waals surface area contributed by atoms with Crippen LogP contribution in [0.15, 0.2) is 41.3 Å². The highest BCUT2D eigenvalue weighted by atomic mass is 32.2. The van der Waals surface area contributed by atoms with Gasteiger partial charge in [0.2, 0.25) is 15.9 Å². The quantitative estimate of drug-likeness (QED) is 0.709. The number of amides is 1. The predicted octanol–water partition coefficient (Wildman–Crippen LogP) is 2.12. The van der Waals surface area contributed by atoms with Crippen LogP contribution in [0.25, 0.3) is 0 Å². The van der Waals surface area contributed by atoms with Gasteiger partial charge in [0.15, 0.2) is 11.5 Å². The maximum absolute atomic E-state index is 12.9. The lowest BCUT2D eigenvalue weighted by atomic mass is 10.2. The molecule has 1 aliphatic rings. The molecule has 0 unspecified atom stereocenters. The van der Waals surface area contributed by atoms with Gasteiger partial charge in [-0.25, -0.2) is 8.42 Å². The second-order valence-corrected chi connectivity index (χ2v) is 8.58. The van der Waals surface area contributed by atoms with Crippen molar-refractivity contribution < 1.29 is 32.2 Å². The predicted molar refractivity (Wildman–Crippen MR) is 110 cm³/mol. The van der Waals surface area contributed by atoms with E-state index in [0.717, 1.165) is 4.31 Å². The van der Waals surface area contributed by atoms with Gasteiger partial charge < -0.3 is 24.3 Å². The van der Waals surface area contributed by atoms with Crippen molar-refractivity contribution in [1.82, 2.24) is 4.31 Å². The van der Waals surface area contributed by atoms with Crippen molar-refractivity contribution >= 4 is 21.6 Å². The van der Waals surface area contributed by atoms with E-state index in [-0.39, 0.29) is 4.90 Å². The summed E-state index contributed by atoms with van der Waals surface area (Å²) in [5, 5.41) is 2.65. The van der Waals surface area contributed by atoms with Crippen LogP contribution in [-0.2, 0) is 14.8 Å². The lowest BCUT2D eigenvalue weighted by molar-refractivity contribution is -0.116. The number of nitrogens with zero attached hydrogens (tertiary/aromatic N) is 1. The normalized spacial score (nSPS) is 13.5. The Morgan fingerprint density at radius 1 is 1.07 bits per heavy atom. The van der Waals surface area contributed by atoms with Gasteiger partial charge >= 0.3 is 0 Å². The van der Waals surface area contributed by atoms with E-state index in [0.29, 0.717) is 48.3 Å². The monoisotopic (exact) mass is 436 g/mol. The van der Waals surface area contributed by atoms with Gasteiger partial charge in [-0.3, -0.25) is 4.79 Å². The highest BCUT2D eigenvalue weighted by molar-refractivity contribution is 7.89. The molecule has 0 bridgehead atoms. The van der Waals surface area contributed by atoms with Gasteiger partial charge in [0.05, 0.1) is 44.6 Å². The number of anilines is 1. The largest absolute Gasteiger partial charge is 0.497 e. The first kappa shape index (κ1) is 21.7. The van der Waals surface area contributed by atoms with Crippen molar-refractivity contribution in [2.24, 2.45) is 0 Å². The summed E-state index contributed by atoms with van der Waals surface area (Å²) >= 11 is 0. The molecule has 10 heteroatoms. The number of sulfonamides is 1. The smallest absolute Gasteiger partial charge is 0.243 e. The highest BCUT2D eigenvalue weighted by Crippen LogP contribution is 2.33. The number of nitrogens with one attached hydrogen (secondary N) is 1. The Kier molecular flexibility index (Phi) is 6.68. The maximum atomic E-state index is 12.9. The van der Waals surface area contributed by atoms with E-state index in [1.807, 2.05) is 0 Å². The number of rotatable bonds is 7. The number of hydrogen-bond donors (Lipinski definition) is 1. The zero-order valence-corrected chi connectivity index (χ0v) is 17.8. The zero-order valence-electron chi connectivity index (χ0n) is 17.0. The number of likely N-dealkylation sites (N-methyl/N-ethyl adjacent to an activating group) is 1. The second-order valence-electron chi connectivity index (χ2n) is 6.53. The Labute approximate surface area is 175 Å². The molecule has 0 fully saturated rings. The van der Waals surface area contributed by atoms with Crippen LogP contribution in [0.1, 0.15) is 6.42 Å². The van der Waals surface area contributed by atoms with Crippen LogP contribution in [0.4, 0.5) is 5.69 Å². The molecule has 0 spiro atoms. The molecule has 0 aliphatic carbocycles. The van der Waals surface area contributed by atoms with Gasteiger partial charge in [0.1, 0.15) is 11.5 Å². The molecule has 9 nitrogen and oxygen atoms in total. The average molecular weight is 436 g/mol.